The Balaban J connectivity index is 2.22. The number of carbonyl (C=O) groups excluding carboxylic acids is 1. The van der Waals surface area contributed by atoms with Crippen molar-refractivity contribution in [2.24, 2.45) is 0 Å². The van der Waals surface area contributed by atoms with Crippen LogP contribution in [-0.4, -0.2) is 22.0 Å². The van der Waals surface area contributed by atoms with Crippen LogP contribution in [0, 0.1) is 12.7 Å². The van der Waals surface area contributed by atoms with Gasteiger partial charge in [0.15, 0.2) is 0 Å². The summed E-state index contributed by atoms with van der Waals surface area (Å²) in [5.41, 5.74) is -0.270. The molecule has 0 saturated heterocycles. The van der Waals surface area contributed by atoms with Gasteiger partial charge in [-0.3, -0.25) is 4.79 Å². The first kappa shape index (κ1) is 13.2. The Morgan fingerprint density at radius 2 is 2.16 bits per heavy atom. The molecule has 0 fully saturated rings. The zero-order chi connectivity index (χ0) is 14.0. The first-order valence-corrected chi connectivity index (χ1v) is 6.05. The lowest BCUT2D eigenvalue weighted by Gasteiger charge is -2.05. The fraction of sp³-hybridized carbons (Fsp3) is 0.0833. The Morgan fingerprint density at radius 1 is 1.42 bits per heavy atom. The van der Waals surface area contributed by atoms with Gasteiger partial charge in [-0.1, -0.05) is 0 Å². The molecule has 1 aromatic carbocycles. The van der Waals surface area contributed by atoms with Gasteiger partial charge in [0, 0.05) is 5.69 Å². The van der Waals surface area contributed by atoms with Crippen molar-refractivity contribution < 1.29 is 19.1 Å². The van der Waals surface area contributed by atoms with Gasteiger partial charge >= 0.3 is 5.97 Å². The number of anilines is 1. The maximum atomic E-state index is 13.2. The topological polar surface area (TPSA) is 79.3 Å². The van der Waals surface area contributed by atoms with Crippen LogP contribution in [0.2, 0.25) is 0 Å². The number of carboxylic acid groups (broad SMARTS) is 1. The Bertz CT molecular complexity index is 654. The van der Waals surface area contributed by atoms with Crippen molar-refractivity contribution in [1.82, 2.24) is 4.98 Å². The summed E-state index contributed by atoms with van der Waals surface area (Å²) in [6, 6.07) is 3.37. The molecule has 0 aliphatic carbocycles. The molecule has 7 heteroatoms. The van der Waals surface area contributed by atoms with Gasteiger partial charge in [0.1, 0.15) is 10.7 Å². The van der Waals surface area contributed by atoms with Crippen LogP contribution in [0.25, 0.3) is 0 Å². The second kappa shape index (κ2) is 5.15. The van der Waals surface area contributed by atoms with Crippen molar-refractivity contribution in [3.63, 3.8) is 0 Å². The summed E-state index contributed by atoms with van der Waals surface area (Å²) in [5.74, 6) is -2.64. The highest BCUT2D eigenvalue weighted by Crippen LogP contribution is 2.18. The zero-order valence-electron chi connectivity index (χ0n) is 9.81. The van der Waals surface area contributed by atoms with Gasteiger partial charge in [-0.2, -0.15) is 0 Å². The average molecular weight is 280 g/mol. The number of aromatic nitrogens is 1. The molecule has 2 aromatic rings. The van der Waals surface area contributed by atoms with E-state index in [9.17, 15) is 14.0 Å². The van der Waals surface area contributed by atoms with Crippen LogP contribution >= 0.6 is 11.3 Å². The summed E-state index contributed by atoms with van der Waals surface area (Å²) in [6.45, 7) is 1.77. The molecule has 0 atom stereocenters. The number of hydrogen-bond acceptors (Lipinski definition) is 4. The van der Waals surface area contributed by atoms with Gasteiger partial charge in [-0.15, -0.1) is 11.3 Å². The number of aryl methyl sites for hydroxylation is 1. The Kier molecular flexibility index (Phi) is 3.57. The van der Waals surface area contributed by atoms with E-state index < -0.39 is 23.3 Å². The predicted octanol–water partition coefficient (Wildman–Crippen LogP) is 2.54. The van der Waals surface area contributed by atoms with Gasteiger partial charge in [0.25, 0.3) is 5.91 Å². The second-order valence-corrected chi connectivity index (χ2v) is 4.93. The summed E-state index contributed by atoms with van der Waals surface area (Å²) < 4.78 is 13.2. The van der Waals surface area contributed by atoms with Gasteiger partial charge in [0.05, 0.1) is 16.8 Å². The van der Waals surface area contributed by atoms with Crippen molar-refractivity contribution in [2.75, 3.05) is 5.32 Å². The molecule has 1 heterocycles. The molecule has 0 radical (unpaired) electrons. The first-order valence-electron chi connectivity index (χ1n) is 5.24. The molecule has 19 heavy (non-hydrogen) atoms. The number of nitrogens with zero attached hydrogens (tertiary/aromatic N) is 1. The summed E-state index contributed by atoms with van der Waals surface area (Å²) in [5, 5.41) is 12.0. The fourth-order valence-corrected chi connectivity index (χ4v) is 2.10. The fourth-order valence-electron chi connectivity index (χ4n) is 1.43. The number of carboxylic acids is 1. The highest BCUT2D eigenvalue weighted by atomic mass is 32.1. The van der Waals surface area contributed by atoms with Crippen LogP contribution in [0.4, 0.5) is 10.1 Å². The van der Waals surface area contributed by atoms with Crippen molar-refractivity contribution in [2.45, 2.75) is 6.92 Å². The third kappa shape index (κ3) is 2.94. The maximum absolute atomic E-state index is 13.2. The number of amides is 1. The average Bonchev–Trinajstić information content (AvgIpc) is 2.78. The highest BCUT2D eigenvalue weighted by molar-refractivity contribution is 7.13. The van der Waals surface area contributed by atoms with Gasteiger partial charge < -0.3 is 10.4 Å². The minimum atomic E-state index is -1.39. The Labute approximate surface area is 111 Å². The molecule has 1 amide bonds. The van der Waals surface area contributed by atoms with Crippen molar-refractivity contribution in [1.29, 1.82) is 0 Å². The lowest BCUT2D eigenvalue weighted by molar-refractivity contribution is 0.0691. The first-order chi connectivity index (χ1) is 8.97. The minimum absolute atomic E-state index is 0.217. The molecule has 2 N–H and O–H groups in total. The van der Waals surface area contributed by atoms with E-state index >= 15 is 0 Å². The van der Waals surface area contributed by atoms with Crippen LogP contribution < -0.4 is 5.32 Å². The standard InChI is InChI=1S/C12H9FN2O3S/c1-6-14-5-10(19-6)11(16)15-7-2-3-9(13)8(4-7)12(17)18/h2-5H,1H3,(H,15,16)(H,17,18). The van der Waals surface area contributed by atoms with Crippen LogP contribution in [0.5, 0.6) is 0 Å². The van der Waals surface area contributed by atoms with Gasteiger partial charge in [0.2, 0.25) is 0 Å². The number of nitrogens with one attached hydrogen (secondary N) is 1. The van der Waals surface area contributed by atoms with Crippen LogP contribution in [-0.2, 0) is 0 Å². The van der Waals surface area contributed by atoms with E-state index in [1.807, 2.05) is 0 Å². The number of thiazole rings is 1. The molecule has 0 bridgehead atoms. The highest BCUT2D eigenvalue weighted by Gasteiger charge is 2.13. The van der Waals surface area contributed by atoms with Gasteiger partial charge in [-0.25, -0.2) is 14.2 Å². The maximum Gasteiger partial charge on any atom is 0.338 e. The molecule has 0 aliphatic rings. The van der Waals surface area contributed by atoms with Crippen LogP contribution in [0.1, 0.15) is 25.0 Å². The molecule has 98 valence electrons. The third-order valence-electron chi connectivity index (χ3n) is 2.30. The predicted molar refractivity (Wildman–Crippen MR) is 68.2 cm³/mol. The van der Waals surface area contributed by atoms with Crippen LogP contribution in [0.3, 0.4) is 0 Å². The lowest BCUT2D eigenvalue weighted by atomic mass is 10.2. The zero-order valence-corrected chi connectivity index (χ0v) is 10.6. The van der Waals surface area contributed by atoms with E-state index in [-0.39, 0.29) is 5.69 Å². The summed E-state index contributed by atoms with van der Waals surface area (Å²) in [7, 11) is 0. The number of carbonyl (C=O) groups is 2. The monoisotopic (exact) mass is 280 g/mol. The Morgan fingerprint density at radius 3 is 2.74 bits per heavy atom. The normalized spacial score (nSPS) is 10.2. The SMILES string of the molecule is Cc1ncc(C(=O)Nc2ccc(F)c(C(=O)O)c2)s1. The van der Waals surface area contributed by atoms with E-state index in [1.165, 1.54) is 23.6 Å². The molecule has 1 aromatic heterocycles. The molecule has 0 aliphatic heterocycles. The number of benzene rings is 1. The smallest absolute Gasteiger partial charge is 0.338 e. The third-order valence-corrected chi connectivity index (χ3v) is 3.21. The molecule has 0 spiro atoms. The van der Waals surface area contributed by atoms with E-state index in [0.29, 0.717) is 4.88 Å². The number of rotatable bonds is 3. The van der Waals surface area contributed by atoms with Crippen molar-refractivity contribution in [3.05, 3.63) is 45.7 Å². The minimum Gasteiger partial charge on any atom is -0.478 e. The lowest BCUT2D eigenvalue weighted by Crippen LogP contribution is -2.11. The molecule has 2 rings (SSSR count). The van der Waals surface area contributed by atoms with E-state index in [4.69, 9.17) is 5.11 Å². The second-order valence-electron chi connectivity index (χ2n) is 3.70. The largest absolute Gasteiger partial charge is 0.478 e. The number of halogens is 1. The quantitative estimate of drug-likeness (QED) is 0.905. The summed E-state index contributed by atoms with van der Waals surface area (Å²) >= 11 is 1.22. The molecular formula is C12H9FN2O3S. The summed E-state index contributed by atoms with van der Waals surface area (Å²) in [6.07, 6.45) is 1.43. The molecular weight excluding hydrogens is 271 g/mol. The van der Waals surface area contributed by atoms with Crippen LogP contribution in [0.15, 0.2) is 24.4 Å². The molecule has 0 saturated carbocycles. The van der Waals surface area contributed by atoms with E-state index in [0.717, 1.165) is 17.1 Å². The van der Waals surface area contributed by atoms with Crippen molar-refractivity contribution in [3.8, 4) is 0 Å². The van der Waals surface area contributed by atoms with E-state index in [2.05, 4.69) is 10.3 Å². The van der Waals surface area contributed by atoms with E-state index in [1.54, 1.807) is 6.92 Å². The summed E-state index contributed by atoms with van der Waals surface area (Å²) in [4.78, 5) is 26.9. The number of hydrogen-bond donors (Lipinski definition) is 2. The van der Waals surface area contributed by atoms with Gasteiger partial charge in [-0.05, 0) is 25.1 Å². The Hall–Kier alpha value is -2.28. The molecule has 5 nitrogen and oxygen atoms in total. The number of aromatic carboxylic acids is 1. The molecule has 0 unspecified atom stereocenters. The van der Waals surface area contributed by atoms with Crippen molar-refractivity contribution >= 4 is 28.9 Å².